The second kappa shape index (κ2) is 7.00. The van der Waals surface area contributed by atoms with Gasteiger partial charge in [-0.2, -0.15) is 4.31 Å². The molecule has 1 N–H and O–H groups in total. The third-order valence-corrected chi connectivity index (χ3v) is 6.84. The predicted molar refractivity (Wildman–Crippen MR) is 80.5 cm³/mol. The molecule has 0 atom stereocenters. The second-order valence-corrected chi connectivity index (χ2v) is 8.14. The Balaban J connectivity index is 2.03. The van der Waals surface area contributed by atoms with Crippen LogP contribution in [0.2, 0.25) is 0 Å². The van der Waals surface area contributed by atoms with E-state index >= 15 is 0 Å². The quantitative estimate of drug-likeness (QED) is 0.866. The third kappa shape index (κ3) is 3.59. The van der Waals surface area contributed by atoms with Crippen molar-refractivity contribution in [2.75, 3.05) is 26.7 Å². The molecule has 0 amide bonds. The fourth-order valence-corrected chi connectivity index (χ4v) is 5.36. The summed E-state index contributed by atoms with van der Waals surface area (Å²) in [6.07, 6.45) is 1.76. The Morgan fingerprint density at radius 2 is 2.10 bits per heavy atom. The van der Waals surface area contributed by atoms with Crippen LogP contribution in [0.25, 0.3) is 0 Å². The molecule has 0 saturated carbocycles. The van der Waals surface area contributed by atoms with Gasteiger partial charge < -0.3 is 10.1 Å². The third-order valence-electron chi connectivity index (χ3n) is 3.39. The van der Waals surface area contributed by atoms with Crippen molar-refractivity contribution in [1.29, 1.82) is 0 Å². The molecule has 1 saturated heterocycles. The summed E-state index contributed by atoms with van der Waals surface area (Å²) in [7, 11) is -1.48. The molecule has 1 aliphatic rings. The number of sulfonamides is 1. The number of hydrogen-bond acceptors (Lipinski definition) is 5. The minimum atomic E-state index is -3.33. The van der Waals surface area contributed by atoms with Crippen LogP contribution in [-0.2, 0) is 21.3 Å². The van der Waals surface area contributed by atoms with Gasteiger partial charge in [0.1, 0.15) is 4.21 Å². The lowest BCUT2D eigenvalue weighted by molar-refractivity contribution is 0.0290. The first-order chi connectivity index (χ1) is 9.57. The Bertz CT molecular complexity index is 519. The molecule has 1 aromatic heterocycles. The van der Waals surface area contributed by atoms with Crippen molar-refractivity contribution in [3.05, 3.63) is 17.0 Å². The van der Waals surface area contributed by atoms with E-state index in [4.69, 9.17) is 4.74 Å². The molecule has 0 aliphatic carbocycles. The number of nitrogens with one attached hydrogen (secondary N) is 1. The molecular weight excluding hydrogens is 296 g/mol. The Labute approximate surface area is 125 Å². The highest BCUT2D eigenvalue weighted by Crippen LogP contribution is 2.27. The smallest absolute Gasteiger partial charge is 0.252 e. The summed E-state index contributed by atoms with van der Waals surface area (Å²) >= 11 is 1.35. The maximum atomic E-state index is 12.5. The van der Waals surface area contributed by atoms with Crippen molar-refractivity contribution >= 4 is 21.4 Å². The van der Waals surface area contributed by atoms with E-state index in [2.05, 4.69) is 5.32 Å². The van der Waals surface area contributed by atoms with Gasteiger partial charge in [0.25, 0.3) is 10.0 Å². The fraction of sp³-hybridized carbons (Fsp3) is 0.692. The number of thiophene rings is 1. The largest absolute Gasteiger partial charge is 0.378 e. The number of rotatable bonds is 6. The van der Waals surface area contributed by atoms with E-state index in [0.29, 0.717) is 30.5 Å². The zero-order valence-electron chi connectivity index (χ0n) is 12.0. The van der Waals surface area contributed by atoms with Gasteiger partial charge in [-0.1, -0.05) is 0 Å². The van der Waals surface area contributed by atoms with Crippen LogP contribution in [0.15, 0.2) is 16.3 Å². The molecule has 0 aromatic carbocycles. The Kier molecular flexibility index (Phi) is 5.57. The second-order valence-electron chi connectivity index (χ2n) is 4.81. The molecule has 7 heteroatoms. The van der Waals surface area contributed by atoms with Gasteiger partial charge >= 0.3 is 0 Å². The lowest BCUT2D eigenvalue weighted by Crippen LogP contribution is -2.40. The van der Waals surface area contributed by atoms with Gasteiger partial charge in [-0.05, 0) is 38.9 Å². The van der Waals surface area contributed by atoms with Crippen molar-refractivity contribution in [2.24, 2.45) is 0 Å². The molecule has 1 aliphatic heterocycles. The van der Waals surface area contributed by atoms with Gasteiger partial charge in [-0.3, -0.25) is 0 Å². The van der Waals surface area contributed by atoms with Crippen LogP contribution >= 0.6 is 11.3 Å². The Hall–Kier alpha value is -0.470. The highest BCUT2D eigenvalue weighted by molar-refractivity contribution is 7.91. The van der Waals surface area contributed by atoms with Gasteiger partial charge in [0.2, 0.25) is 0 Å². The molecule has 1 fully saturated rings. The van der Waals surface area contributed by atoms with Crippen LogP contribution in [0.3, 0.4) is 0 Å². The first-order valence-corrected chi connectivity index (χ1v) is 9.18. The van der Waals surface area contributed by atoms with Crippen molar-refractivity contribution in [2.45, 2.75) is 36.6 Å². The number of hydrogen-bond donors (Lipinski definition) is 1. The van der Waals surface area contributed by atoms with Crippen LogP contribution in [-0.4, -0.2) is 45.6 Å². The van der Waals surface area contributed by atoms with Crippen molar-refractivity contribution in [3.63, 3.8) is 0 Å². The SMILES string of the molecule is CCOC1CCN(S(=O)(=O)c2ccc(CNC)s2)CC1. The molecule has 2 heterocycles. The van der Waals surface area contributed by atoms with Gasteiger partial charge in [0.15, 0.2) is 0 Å². The summed E-state index contributed by atoms with van der Waals surface area (Å²) < 4.78 is 32.7. The van der Waals surface area contributed by atoms with Crippen molar-refractivity contribution in [1.82, 2.24) is 9.62 Å². The summed E-state index contributed by atoms with van der Waals surface area (Å²) in [6, 6.07) is 3.59. The molecule has 114 valence electrons. The van der Waals surface area contributed by atoms with E-state index in [0.717, 1.165) is 17.7 Å². The first-order valence-electron chi connectivity index (χ1n) is 6.93. The number of nitrogens with zero attached hydrogens (tertiary/aromatic N) is 1. The molecular formula is C13H22N2O3S2. The van der Waals surface area contributed by atoms with Gasteiger partial charge in [0.05, 0.1) is 6.10 Å². The maximum Gasteiger partial charge on any atom is 0.252 e. The Morgan fingerprint density at radius 1 is 1.40 bits per heavy atom. The number of piperidine rings is 1. The van der Waals surface area contributed by atoms with Crippen molar-refractivity contribution < 1.29 is 13.2 Å². The van der Waals surface area contributed by atoms with Crippen LogP contribution in [0, 0.1) is 0 Å². The van der Waals surface area contributed by atoms with Crippen LogP contribution < -0.4 is 5.32 Å². The average Bonchev–Trinajstić information content (AvgIpc) is 2.90. The molecule has 20 heavy (non-hydrogen) atoms. The van der Waals surface area contributed by atoms with Crippen LogP contribution in [0.5, 0.6) is 0 Å². The molecule has 0 unspecified atom stereocenters. The highest BCUT2D eigenvalue weighted by Gasteiger charge is 2.30. The van der Waals surface area contributed by atoms with E-state index < -0.39 is 10.0 Å². The Morgan fingerprint density at radius 3 is 2.70 bits per heavy atom. The normalized spacial score (nSPS) is 18.5. The summed E-state index contributed by atoms with van der Waals surface area (Å²) in [5.41, 5.74) is 0. The lowest BCUT2D eigenvalue weighted by Gasteiger charge is -2.30. The minimum Gasteiger partial charge on any atom is -0.378 e. The van der Waals surface area contributed by atoms with E-state index in [-0.39, 0.29) is 6.10 Å². The van der Waals surface area contributed by atoms with E-state index in [9.17, 15) is 8.42 Å². The molecule has 1 aromatic rings. The fourth-order valence-electron chi connectivity index (χ4n) is 2.37. The van der Waals surface area contributed by atoms with Crippen LogP contribution in [0.4, 0.5) is 0 Å². The number of ether oxygens (including phenoxy) is 1. The molecule has 5 nitrogen and oxygen atoms in total. The highest BCUT2D eigenvalue weighted by atomic mass is 32.2. The minimum absolute atomic E-state index is 0.203. The van der Waals surface area contributed by atoms with Gasteiger partial charge in [-0.15, -0.1) is 11.3 Å². The lowest BCUT2D eigenvalue weighted by atomic mass is 10.1. The van der Waals surface area contributed by atoms with Crippen LogP contribution in [0.1, 0.15) is 24.6 Å². The topological polar surface area (TPSA) is 58.6 Å². The summed E-state index contributed by atoms with van der Waals surface area (Å²) in [5.74, 6) is 0. The molecule has 0 radical (unpaired) electrons. The monoisotopic (exact) mass is 318 g/mol. The zero-order valence-corrected chi connectivity index (χ0v) is 13.6. The average molecular weight is 318 g/mol. The molecule has 0 bridgehead atoms. The van der Waals surface area contributed by atoms with E-state index in [1.54, 1.807) is 10.4 Å². The van der Waals surface area contributed by atoms with Gasteiger partial charge in [0, 0.05) is 31.1 Å². The molecule has 0 spiro atoms. The summed E-state index contributed by atoms with van der Waals surface area (Å²) in [4.78, 5) is 1.04. The standard InChI is InChI=1S/C13H22N2O3S2/c1-3-18-11-6-8-15(9-7-11)20(16,17)13-5-4-12(19-13)10-14-2/h4-5,11,14H,3,6-10H2,1-2H3. The molecule has 2 rings (SSSR count). The summed E-state index contributed by atoms with van der Waals surface area (Å²) in [5, 5.41) is 3.03. The predicted octanol–water partition coefficient (Wildman–Crippen LogP) is 1.66. The zero-order chi connectivity index (χ0) is 14.6. The van der Waals surface area contributed by atoms with Crippen molar-refractivity contribution in [3.8, 4) is 0 Å². The van der Waals surface area contributed by atoms with E-state index in [1.165, 1.54) is 11.3 Å². The van der Waals surface area contributed by atoms with Gasteiger partial charge in [-0.25, -0.2) is 8.42 Å². The maximum absolute atomic E-state index is 12.5. The summed E-state index contributed by atoms with van der Waals surface area (Å²) in [6.45, 7) is 4.46. The van der Waals surface area contributed by atoms with E-state index in [1.807, 2.05) is 20.0 Å². The first kappa shape index (κ1) is 15.9.